The third kappa shape index (κ3) is 2.78. The quantitative estimate of drug-likeness (QED) is 0.844. The molecular formula is C14H17N5O2. The van der Waals surface area contributed by atoms with Crippen molar-refractivity contribution < 1.29 is 9.53 Å². The number of nitrogens with one attached hydrogen (secondary N) is 1. The van der Waals surface area contributed by atoms with Crippen LogP contribution in [0.1, 0.15) is 35.4 Å². The summed E-state index contributed by atoms with van der Waals surface area (Å²) in [5.41, 5.74) is 2.02. The van der Waals surface area contributed by atoms with Crippen molar-refractivity contribution in [1.29, 1.82) is 0 Å². The van der Waals surface area contributed by atoms with Gasteiger partial charge in [-0.15, -0.1) is 0 Å². The second-order valence-corrected chi connectivity index (χ2v) is 5.02. The molecule has 7 heteroatoms. The van der Waals surface area contributed by atoms with Gasteiger partial charge in [0, 0.05) is 5.69 Å². The third-order valence-corrected chi connectivity index (χ3v) is 3.65. The molecule has 1 fully saturated rings. The van der Waals surface area contributed by atoms with Crippen LogP contribution in [0.4, 0.5) is 5.69 Å². The number of carbonyl (C=O) groups excluding carboxylic acids is 1. The summed E-state index contributed by atoms with van der Waals surface area (Å²) in [6.45, 7) is 4.76. The van der Waals surface area contributed by atoms with Crippen molar-refractivity contribution in [3.63, 3.8) is 0 Å². The van der Waals surface area contributed by atoms with Crippen LogP contribution in [0.25, 0.3) is 0 Å². The minimum atomic E-state index is -0.196. The van der Waals surface area contributed by atoms with Crippen molar-refractivity contribution in [2.24, 2.45) is 0 Å². The average molecular weight is 287 g/mol. The zero-order valence-corrected chi connectivity index (χ0v) is 12.0. The lowest BCUT2D eigenvalue weighted by Crippen LogP contribution is -2.18. The third-order valence-electron chi connectivity index (χ3n) is 3.65. The number of hydrogen-bond donors (Lipinski definition) is 1. The molecule has 1 aliphatic rings. The van der Waals surface area contributed by atoms with E-state index in [1.807, 2.05) is 11.6 Å². The Labute approximate surface area is 122 Å². The Morgan fingerprint density at radius 1 is 1.52 bits per heavy atom. The molecule has 1 saturated heterocycles. The molecule has 2 unspecified atom stereocenters. The molecule has 1 aliphatic heterocycles. The molecule has 7 nitrogen and oxygen atoms in total. The fourth-order valence-electron chi connectivity index (χ4n) is 2.41. The van der Waals surface area contributed by atoms with Crippen LogP contribution in [0.5, 0.6) is 0 Å². The molecule has 0 bridgehead atoms. The smallest absolute Gasteiger partial charge is 0.259 e. The van der Waals surface area contributed by atoms with Crippen molar-refractivity contribution in [1.82, 2.24) is 20.0 Å². The maximum atomic E-state index is 12.3. The van der Waals surface area contributed by atoms with Crippen molar-refractivity contribution in [2.45, 2.75) is 32.4 Å². The average Bonchev–Trinajstić information content (AvgIpc) is 3.25. The highest BCUT2D eigenvalue weighted by atomic mass is 16.6. The molecule has 0 radical (unpaired) electrons. The van der Waals surface area contributed by atoms with Crippen molar-refractivity contribution in [3.05, 3.63) is 35.9 Å². The van der Waals surface area contributed by atoms with Gasteiger partial charge in [-0.1, -0.05) is 6.92 Å². The molecule has 0 aliphatic carbocycles. The minimum Gasteiger partial charge on any atom is -0.371 e. The van der Waals surface area contributed by atoms with Gasteiger partial charge in [0.2, 0.25) is 0 Å². The van der Waals surface area contributed by atoms with E-state index in [1.54, 1.807) is 12.3 Å². The van der Waals surface area contributed by atoms with Crippen molar-refractivity contribution >= 4 is 11.6 Å². The molecule has 2 atom stereocenters. The number of amides is 1. The molecule has 0 aromatic carbocycles. The molecule has 21 heavy (non-hydrogen) atoms. The summed E-state index contributed by atoms with van der Waals surface area (Å²) in [4.78, 5) is 12.3. The SMILES string of the molecule is CCC(C1CO1)n1ncc(C(=O)Nc2ccnnc2)c1C. The molecule has 3 heterocycles. The molecule has 3 rings (SSSR count). The van der Waals surface area contributed by atoms with E-state index in [2.05, 4.69) is 27.5 Å². The number of anilines is 1. The Morgan fingerprint density at radius 2 is 2.33 bits per heavy atom. The van der Waals surface area contributed by atoms with E-state index in [-0.39, 0.29) is 18.1 Å². The van der Waals surface area contributed by atoms with Crippen molar-refractivity contribution in [3.8, 4) is 0 Å². The molecule has 2 aromatic heterocycles. The number of aromatic nitrogens is 4. The molecular weight excluding hydrogens is 270 g/mol. The van der Waals surface area contributed by atoms with Gasteiger partial charge in [-0.2, -0.15) is 15.3 Å². The van der Waals surface area contributed by atoms with Crippen LogP contribution in [0, 0.1) is 6.92 Å². The van der Waals surface area contributed by atoms with Gasteiger partial charge in [0.25, 0.3) is 5.91 Å². The highest BCUT2D eigenvalue weighted by Gasteiger charge is 2.34. The van der Waals surface area contributed by atoms with Crippen LogP contribution in [0.2, 0.25) is 0 Å². The fourth-order valence-corrected chi connectivity index (χ4v) is 2.41. The molecule has 1 N–H and O–H groups in total. The van der Waals surface area contributed by atoms with E-state index in [4.69, 9.17) is 4.74 Å². The van der Waals surface area contributed by atoms with E-state index >= 15 is 0 Å². The van der Waals surface area contributed by atoms with Crippen LogP contribution in [0.3, 0.4) is 0 Å². The topological polar surface area (TPSA) is 85.2 Å². The van der Waals surface area contributed by atoms with E-state index < -0.39 is 0 Å². The minimum absolute atomic E-state index is 0.189. The van der Waals surface area contributed by atoms with Crippen LogP contribution < -0.4 is 5.32 Å². The van der Waals surface area contributed by atoms with Gasteiger partial charge in [0.05, 0.1) is 42.5 Å². The highest BCUT2D eigenvalue weighted by Crippen LogP contribution is 2.29. The lowest BCUT2D eigenvalue weighted by atomic mass is 10.1. The maximum Gasteiger partial charge on any atom is 0.259 e. The number of nitrogens with zero attached hydrogens (tertiary/aromatic N) is 4. The number of epoxide rings is 1. The van der Waals surface area contributed by atoms with Gasteiger partial charge in [0.1, 0.15) is 6.10 Å². The van der Waals surface area contributed by atoms with Gasteiger partial charge in [-0.25, -0.2) is 0 Å². The molecule has 110 valence electrons. The predicted octanol–water partition coefficient (Wildman–Crippen LogP) is 1.58. The normalized spacial score (nSPS) is 18.3. The first-order valence-corrected chi connectivity index (χ1v) is 6.94. The monoisotopic (exact) mass is 287 g/mol. The summed E-state index contributed by atoms with van der Waals surface area (Å²) < 4.78 is 7.25. The zero-order valence-electron chi connectivity index (χ0n) is 12.0. The summed E-state index contributed by atoms with van der Waals surface area (Å²) in [5, 5.41) is 14.6. The summed E-state index contributed by atoms with van der Waals surface area (Å²) >= 11 is 0. The van der Waals surface area contributed by atoms with E-state index in [9.17, 15) is 4.79 Å². The predicted molar refractivity (Wildman–Crippen MR) is 76.0 cm³/mol. The summed E-state index contributed by atoms with van der Waals surface area (Å²) in [6, 6.07) is 1.88. The van der Waals surface area contributed by atoms with Crippen LogP contribution >= 0.6 is 0 Å². The first-order chi connectivity index (χ1) is 10.2. The fraction of sp³-hybridized carbons (Fsp3) is 0.429. The van der Waals surface area contributed by atoms with E-state index in [0.29, 0.717) is 11.3 Å². The van der Waals surface area contributed by atoms with Crippen molar-refractivity contribution in [2.75, 3.05) is 11.9 Å². The molecule has 0 saturated carbocycles. The number of rotatable bonds is 5. The highest BCUT2D eigenvalue weighted by molar-refractivity contribution is 6.04. The summed E-state index contributed by atoms with van der Waals surface area (Å²) in [5.74, 6) is -0.196. The van der Waals surface area contributed by atoms with Gasteiger partial charge in [-0.3, -0.25) is 9.48 Å². The zero-order chi connectivity index (χ0) is 14.8. The Balaban J connectivity index is 1.79. The van der Waals surface area contributed by atoms with Crippen LogP contribution in [0.15, 0.2) is 24.7 Å². The number of carbonyl (C=O) groups is 1. The lowest BCUT2D eigenvalue weighted by Gasteiger charge is -2.15. The van der Waals surface area contributed by atoms with E-state index in [0.717, 1.165) is 18.7 Å². The van der Waals surface area contributed by atoms with Gasteiger partial charge < -0.3 is 10.1 Å². The molecule has 1 amide bonds. The first kappa shape index (κ1) is 13.7. The van der Waals surface area contributed by atoms with Crippen LogP contribution in [-0.4, -0.2) is 38.6 Å². The molecule has 2 aromatic rings. The van der Waals surface area contributed by atoms with Crippen LogP contribution in [-0.2, 0) is 4.74 Å². The Morgan fingerprint density at radius 3 is 2.95 bits per heavy atom. The Kier molecular flexibility index (Phi) is 3.66. The first-order valence-electron chi connectivity index (χ1n) is 6.94. The standard InChI is InChI=1S/C14H17N5O2/c1-3-12(13-8-21-13)19-9(2)11(7-17-19)14(20)18-10-4-5-15-16-6-10/h4-7,12-13H,3,8H2,1-2H3,(H,15,18,20). The second kappa shape index (κ2) is 5.61. The summed E-state index contributed by atoms with van der Waals surface area (Å²) in [6.07, 6.45) is 5.77. The maximum absolute atomic E-state index is 12.3. The Bertz CT molecular complexity index is 636. The molecule has 0 spiro atoms. The van der Waals surface area contributed by atoms with E-state index in [1.165, 1.54) is 12.4 Å². The van der Waals surface area contributed by atoms with Gasteiger partial charge in [-0.05, 0) is 19.4 Å². The van der Waals surface area contributed by atoms with Gasteiger partial charge in [0.15, 0.2) is 0 Å². The number of hydrogen-bond acceptors (Lipinski definition) is 5. The number of ether oxygens (including phenoxy) is 1. The second-order valence-electron chi connectivity index (χ2n) is 5.02. The van der Waals surface area contributed by atoms with Gasteiger partial charge >= 0.3 is 0 Å². The largest absolute Gasteiger partial charge is 0.371 e. The Hall–Kier alpha value is -2.28. The summed E-state index contributed by atoms with van der Waals surface area (Å²) in [7, 11) is 0. The lowest BCUT2D eigenvalue weighted by molar-refractivity contribution is 0.102.